The molecule has 2 amide bonds. The number of hydrogen-bond acceptors (Lipinski definition) is 5. The summed E-state index contributed by atoms with van der Waals surface area (Å²) in [4.78, 5) is 25.2. The smallest absolute Gasteiger partial charge is 0.262 e. The third-order valence-electron chi connectivity index (χ3n) is 5.43. The summed E-state index contributed by atoms with van der Waals surface area (Å²) < 4.78 is 11.4. The molecule has 194 valence electrons. The van der Waals surface area contributed by atoms with Gasteiger partial charge in [-0.3, -0.25) is 9.59 Å². The number of benzene rings is 3. The van der Waals surface area contributed by atoms with Crippen LogP contribution in [0, 0.1) is 12.8 Å². The monoisotopic (exact) mass is 521 g/mol. The van der Waals surface area contributed by atoms with Gasteiger partial charge >= 0.3 is 0 Å². The molecule has 0 heterocycles. The first-order chi connectivity index (χ1) is 17.8. The molecule has 1 atom stereocenters. The minimum atomic E-state index is -0.731. The van der Waals surface area contributed by atoms with E-state index in [4.69, 9.17) is 21.1 Å². The average molecular weight is 522 g/mol. The Bertz CT molecular complexity index is 1210. The van der Waals surface area contributed by atoms with Gasteiger partial charge in [0.25, 0.3) is 11.8 Å². The highest BCUT2D eigenvalue weighted by atomic mass is 35.5. The number of carbonyl (C=O) groups is 2. The van der Waals surface area contributed by atoms with Crippen LogP contribution in [-0.2, 0) is 16.2 Å². The molecule has 7 nitrogen and oxygen atoms in total. The van der Waals surface area contributed by atoms with Gasteiger partial charge in [-0.05, 0) is 66.8 Å². The van der Waals surface area contributed by atoms with Crippen LogP contribution in [-0.4, -0.2) is 30.7 Å². The van der Waals surface area contributed by atoms with Crippen molar-refractivity contribution < 1.29 is 19.1 Å². The Morgan fingerprint density at radius 2 is 1.68 bits per heavy atom. The van der Waals surface area contributed by atoms with E-state index in [-0.39, 0.29) is 18.4 Å². The molecule has 3 rings (SSSR count). The second-order valence-electron chi connectivity index (χ2n) is 8.99. The first-order valence-electron chi connectivity index (χ1n) is 12.1. The summed E-state index contributed by atoms with van der Waals surface area (Å²) in [5, 5.41) is 7.46. The van der Waals surface area contributed by atoms with E-state index in [1.807, 2.05) is 87.5 Å². The third-order valence-corrected chi connectivity index (χ3v) is 5.80. The predicted molar refractivity (Wildman–Crippen MR) is 146 cm³/mol. The van der Waals surface area contributed by atoms with Crippen LogP contribution < -0.4 is 20.2 Å². The number of carbonyl (C=O) groups excluding carboxylic acids is 2. The maximum atomic E-state index is 12.7. The molecule has 0 aliphatic rings. The van der Waals surface area contributed by atoms with Crippen molar-refractivity contribution in [2.75, 3.05) is 6.61 Å². The van der Waals surface area contributed by atoms with Crippen molar-refractivity contribution in [2.45, 2.75) is 39.8 Å². The van der Waals surface area contributed by atoms with Gasteiger partial charge in [-0.1, -0.05) is 61.8 Å². The number of ether oxygens (including phenoxy) is 2. The van der Waals surface area contributed by atoms with Crippen LogP contribution in [0.15, 0.2) is 77.9 Å². The van der Waals surface area contributed by atoms with Crippen LogP contribution in [0.5, 0.6) is 11.5 Å². The van der Waals surface area contributed by atoms with E-state index in [0.29, 0.717) is 29.5 Å². The first kappa shape index (κ1) is 27.7. The fraction of sp³-hybridized carbons (Fsp3) is 0.276. The first-order valence-corrected chi connectivity index (χ1v) is 12.5. The van der Waals surface area contributed by atoms with E-state index in [0.717, 1.165) is 16.7 Å². The van der Waals surface area contributed by atoms with Crippen LogP contribution in [0.3, 0.4) is 0 Å². The zero-order chi connectivity index (χ0) is 26.6. The van der Waals surface area contributed by atoms with Crippen LogP contribution in [0.1, 0.15) is 37.0 Å². The number of amides is 2. The lowest BCUT2D eigenvalue weighted by Gasteiger charge is -2.19. The molecule has 2 N–H and O–H groups in total. The van der Waals surface area contributed by atoms with Gasteiger partial charge in [-0.15, -0.1) is 0 Å². The molecule has 3 aromatic rings. The molecule has 0 fully saturated rings. The van der Waals surface area contributed by atoms with Gasteiger partial charge in [0.2, 0.25) is 0 Å². The number of para-hydroxylation sites is 1. The van der Waals surface area contributed by atoms with Crippen molar-refractivity contribution in [1.82, 2.24) is 10.7 Å². The summed E-state index contributed by atoms with van der Waals surface area (Å²) >= 11 is 6.16. The molecule has 3 aromatic carbocycles. The molecule has 0 aromatic heterocycles. The highest BCUT2D eigenvalue weighted by molar-refractivity contribution is 6.31. The Morgan fingerprint density at radius 1 is 0.973 bits per heavy atom. The van der Waals surface area contributed by atoms with Crippen molar-refractivity contribution >= 4 is 29.6 Å². The molecule has 0 unspecified atom stereocenters. The van der Waals surface area contributed by atoms with Crippen molar-refractivity contribution in [1.29, 1.82) is 0 Å². The molecular formula is C29H32ClN3O4. The SMILES string of the molecule is Cc1ccccc1OCC(=O)N[C@H](CC(C)C)C(=O)N/N=C\c1ccc(OCc2ccccc2Cl)cc1. The van der Waals surface area contributed by atoms with Gasteiger partial charge in [-0.25, -0.2) is 5.43 Å². The van der Waals surface area contributed by atoms with Gasteiger partial charge in [0, 0.05) is 10.6 Å². The summed E-state index contributed by atoms with van der Waals surface area (Å²) in [7, 11) is 0. The van der Waals surface area contributed by atoms with Crippen LogP contribution in [0.2, 0.25) is 5.02 Å². The molecule has 0 bridgehead atoms. The Labute approximate surface area is 222 Å². The molecule has 0 spiro atoms. The molecule has 0 radical (unpaired) electrons. The molecule has 0 aliphatic heterocycles. The Hall–Kier alpha value is -3.84. The summed E-state index contributed by atoms with van der Waals surface area (Å²) in [6.07, 6.45) is 2.00. The minimum absolute atomic E-state index is 0.180. The maximum Gasteiger partial charge on any atom is 0.262 e. The highest BCUT2D eigenvalue weighted by Gasteiger charge is 2.22. The lowest BCUT2D eigenvalue weighted by Crippen LogP contribution is -2.47. The molecule has 0 saturated carbocycles. The number of nitrogens with one attached hydrogen (secondary N) is 2. The van der Waals surface area contributed by atoms with E-state index in [2.05, 4.69) is 15.8 Å². The number of halogens is 1. The van der Waals surface area contributed by atoms with Crippen LogP contribution in [0.4, 0.5) is 0 Å². The highest BCUT2D eigenvalue weighted by Crippen LogP contribution is 2.19. The largest absolute Gasteiger partial charge is 0.489 e. The van der Waals surface area contributed by atoms with E-state index in [9.17, 15) is 9.59 Å². The summed E-state index contributed by atoms with van der Waals surface area (Å²) in [5.74, 6) is 0.742. The number of hydrazone groups is 1. The second-order valence-corrected chi connectivity index (χ2v) is 9.39. The maximum absolute atomic E-state index is 12.7. The molecule has 8 heteroatoms. The zero-order valence-electron chi connectivity index (χ0n) is 21.2. The topological polar surface area (TPSA) is 89.0 Å². The van der Waals surface area contributed by atoms with Crippen molar-refractivity contribution in [3.63, 3.8) is 0 Å². The number of nitrogens with zero attached hydrogens (tertiary/aromatic N) is 1. The lowest BCUT2D eigenvalue weighted by atomic mass is 10.0. The number of rotatable bonds is 12. The molecule has 37 heavy (non-hydrogen) atoms. The van der Waals surface area contributed by atoms with Gasteiger partial charge in [-0.2, -0.15) is 5.10 Å². The summed E-state index contributed by atoms with van der Waals surface area (Å²) in [6, 6.07) is 21.5. The summed E-state index contributed by atoms with van der Waals surface area (Å²) in [5.41, 5.74) is 5.14. The lowest BCUT2D eigenvalue weighted by molar-refractivity contribution is -0.130. The fourth-order valence-corrected chi connectivity index (χ4v) is 3.67. The van der Waals surface area contributed by atoms with Gasteiger partial charge in [0.05, 0.1) is 6.21 Å². The minimum Gasteiger partial charge on any atom is -0.489 e. The van der Waals surface area contributed by atoms with Gasteiger partial charge < -0.3 is 14.8 Å². The molecule has 0 aliphatic carbocycles. The van der Waals surface area contributed by atoms with E-state index >= 15 is 0 Å². The Balaban J connectivity index is 1.49. The van der Waals surface area contributed by atoms with Gasteiger partial charge in [0.1, 0.15) is 24.1 Å². The van der Waals surface area contributed by atoms with Crippen molar-refractivity contribution in [2.24, 2.45) is 11.0 Å². The van der Waals surface area contributed by atoms with Gasteiger partial charge in [0.15, 0.2) is 6.61 Å². The standard InChI is InChI=1S/C29H32ClN3O4/c1-20(2)16-26(32-28(34)19-37-27-11-7-4-8-21(27)3)29(35)33-31-17-22-12-14-24(15-13-22)36-18-23-9-5-6-10-25(23)30/h4-15,17,20,26H,16,18-19H2,1-3H3,(H,32,34)(H,33,35)/b31-17-/t26-/m1/s1. The van der Waals surface area contributed by atoms with Crippen molar-refractivity contribution in [3.8, 4) is 11.5 Å². The summed E-state index contributed by atoms with van der Waals surface area (Å²) in [6.45, 7) is 6.05. The average Bonchev–Trinajstić information content (AvgIpc) is 2.88. The van der Waals surface area contributed by atoms with E-state index in [1.165, 1.54) is 6.21 Å². The van der Waals surface area contributed by atoms with Crippen LogP contribution in [0.25, 0.3) is 0 Å². The fourth-order valence-electron chi connectivity index (χ4n) is 3.48. The van der Waals surface area contributed by atoms with Crippen molar-refractivity contribution in [3.05, 3.63) is 94.5 Å². The number of hydrogen-bond donors (Lipinski definition) is 2. The normalized spacial score (nSPS) is 11.8. The third kappa shape index (κ3) is 9.28. The quantitative estimate of drug-likeness (QED) is 0.250. The molecule has 0 saturated heterocycles. The second kappa shape index (κ2) is 14.0. The van der Waals surface area contributed by atoms with E-state index < -0.39 is 11.9 Å². The van der Waals surface area contributed by atoms with Crippen LogP contribution >= 0.6 is 11.6 Å². The van der Waals surface area contributed by atoms with E-state index in [1.54, 1.807) is 6.07 Å². The Morgan fingerprint density at radius 3 is 2.38 bits per heavy atom. The number of aryl methyl sites for hydroxylation is 1. The zero-order valence-corrected chi connectivity index (χ0v) is 22.0. The molecular weight excluding hydrogens is 490 g/mol. The predicted octanol–water partition coefficient (Wildman–Crippen LogP) is 5.29. The Kier molecular flexibility index (Phi) is 10.5.